The van der Waals surface area contributed by atoms with Gasteiger partial charge >= 0.3 is 5.97 Å². The number of rotatable bonds is 15. The van der Waals surface area contributed by atoms with Crippen molar-refractivity contribution >= 4 is 49.2 Å². The highest BCUT2D eigenvalue weighted by atomic mass is 32.2. The molecule has 0 bridgehead atoms. The van der Waals surface area contributed by atoms with E-state index in [1.165, 1.54) is 36.8 Å². The maximum absolute atomic E-state index is 12.6. The lowest BCUT2D eigenvalue weighted by Gasteiger charge is -2.25. The van der Waals surface area contributed by atoms with E-state index in [1.54, 1.807) is 12.1 Å². The van der Waals surface area contributed by atoms with Crippen molar-refractivity contribution < 1.29 is 45.2 Å². The number of nitrogens with zero attached hydrogens (tertiary/aromatic N) is 3. The Morgan fingerprint density at radius 2 is 1.58 bits per heavy atom. The van der Waals surface area contributed by atoms with Gasteiger partial charge in [0.2, 0.25) is 11.6 Å². The van der Waals surface area contributed by atoms with Crippen LogP contribution in [0.4, 0.5) is 11.4 Å². The number of allylic oxidation sites excluding steroid dienone is 4. The van der Waals surface area contributed by atoms with E-state index < -0.39 is 43.1 Å². The van der Waals surface area contributed by atoms with Crippen LogP contribution >= 0.6 is 0 Å². The molecule has 2 aromatic carbocycles. The number of H-pyrrole nitrogens is 1. The van der Waals surface area contributed by atoms with Gasteiger partial charge in [0.1, 0.15) is 12.6 Å². The molecule has 55 heavy (non-hydrogen) atoms. The maximum atomic E-state index is 12.6. The Bertz CT molecular complexity index is 2220. The monoisotopic (exact) mass is 798 g/mol. The number of nitrogens with one attached hydrogen (secondary N) is 2. The highest BCUT2D eigenvalue weighted by molar-refractivity contribution is 7.86. The van der Waals surface area contributed by atoms with Gasteiger partial charge in [0.25, 0.3) is 20.2 Å². The summed E-state index contributed by atoms with van der Waals surface area (Å²) in [4.78, 5) is 32.8. The third-order valence-electron chi connectivity index (χ3n) is 10.0. The maximum Gasteiger partial charge on any atom is 0.326 e. The van der Waals surface area contributed by atoms with Crippen LogP contribution in [0.1, 0.15) is 91.0 Å². The van der Waals surface area contributed by atoms with Gasteiger partial charge in [-0.2, -0.15) is 21.4 Å². The highest BCUT2D eigenvalue weighted by Crippen LogP contribution is 2.48. The van der Waals surface area contributed by atoms with Crippen molar-refractivity contribution in [2.45, 2.75) is 107 Å². The van der Waals surface area contributed by atoms with Crippen molar-refractivity contribution in [3.05, 3.63) is 89.7 Å². The number of anilines is 1. The van der Waals surface area contributed by atoms with E-state index in [1.807, 2.05) is 66.7 Å². The van der Waals surface area contributed by atoms with E-state index >= 15 is 0 Å². The number of aromatic nitrogens is 2. The van der Waals surface area contributed by atoms with Crippen molar-refractivity contribution in [1.29, 1.82) is 0 Å². The number of amides is 1. The van der Waals surface area contributed by atoms with Crippen LogP contribution in [-0.4, -0.2) is 82.3 Å². The first-order chi connectivity index (χ1) is 25.8. The Morgan fingerprint density at radius 1 is 0.945 bits per heavy atom. The Labute approximate surface area is 323 Å². The second-order valence-electron chi connectivity index (χ2n) is 14.3. The molecular formula is C39H52N5O9S2+. The van der Waals surface area contributed by atoms with E-state index in [0.717, 1.165) is 33.9 Å². The van der Waals surface area contributed by atoms with E-state index in [9.17, 15) is 40.6 Å². The molecule has 5 rings (SSSR count). The minimum atomic E-state index is -4.45. The predicted octanol–water partition coefficient (Wildman–Crippen LogP) is 5.94. The van der Waals surface area contributed by atoms with E-state index in [0.29, 0.717) is 38.0 Å². The SMILES string of the molecule is CC.CCN1/C(=C\C=C\C2=[N+](CCCCCC(=O)NC(Cc3cnc[nH]3)C(=O)O)c3ccc(S(=O)(=O)O)cc3C2(C)C)C(C)(C)c2cc(S(=O)(=O)O)ccc21. The number of carboxylic acid groups (broad SMARTS) is 1. The lowest BCUT2D eigenvalue weighted by molar-refractivity contribution is -0.438. The zero-order valence-electron chi connectivity index (χ0n) is 32.3. The molecule has 1 unspecified atom stereocenters. The van der Waals surface area contributed by atoms with E-state index in [-0.39, 0.29) is 28.5 Å². The molecule has 3 heterocycles. The van der Waals surface area contributed by atoms with Crippen molar-refractivity contribution in [3.8, 4) is 0 Å². The molecule has 0 spiro atoms. The van der Waals surface area contributed by atoms with Crippen molar-refractivity contribution in [1.82, 2.24) is 15.3 Å². The first-order valence-corrected chi connectivity index (χ1v) is 21.2. The second kappa shape index (κ2) is 17.0. The molecule has 2 aliphatic rings. The molecule has 3 aromatic rings. The molecule has 5 N–H and O–H groups in total. The molecule has 0 saturated carbocycles. The number of likely N-dealkylation sites (N-methyl/N-ethyl adjacent to an activating group) is 1. The average molecular weight is 799 g/mol. The predicted molar refractivity (Wildman–Crippen MR) is 210 cm³/mol. The minimum absolute atomic E-state index is 0.0865. The summed E-state index contributed by atoms with van der Waals surface area (Å²) >= 11 is 0. The topological polar surface area (TPSA) is 210 Å². The number of carbonyl (C=O) groups excluding carboxylic acids is 1. The zero-order valence-corrected chi connectivity index (χ0v) is 34.0. The molecule has 0 aliphatic carbocycles. The van der Waals surface area contributed by atoms with Crippen LogP contribution < -0.4 is 10.2 Å². The van der Waals surface area contributed by atoms with E-state index in [4.69, 9.17) is 0 Å². The third-order valence-corrected chi connectivity index (χ3v) is 11.7. The van der Waals surface area contributed by atoms with Crippen LogP contribution in [-0.2, 0) is 47.1 Å². The van der Waals surface area contributed by atoms with Gasteiger partial charge in [-0.1, -0.05) is 33.8 Å². The second-order valence-corrected chi connectivity index (χ2v) is 17.1. The molecule has 0 saturated heterocycles. The number of carboxylic acids is 1. The number of aliphatic carboxylic acids is 1. The van der Waals surface area contributed by atoms with Gasteiger partial charge in [-0.15, -0.1) is 0 Å². The summed E-state index contributed by atoms with van der Waals surface area (Å²) in [7, 11) is -8.85. The molecule has 298 valence electrons. The summed E-state index contributed by atoms with van der Waals surface area (Å²) in [6.07, 6.45) is 10.9. The van der Waals surface area contributed by atoms with Gasteiger partial charge in [-0.3, -0.25) is 13.9 Å². The molecule has 1 amide bonds. The Balaban J connectivity index is 0.00000331. The Hall–Kier alpha value is -4.64. The fourth-order valence-corrected chi connectivity index (χ4v) is 8.27. The van der Waals surface area contributed by atoms with Gasteiger partial charge in [0.05, 0.1) is 21.5 Å². The number of unbranched alkanes of at least 4 members (excludes halogenated alkanes) is 2. The van der Waals surface area contributed by atoms with Gasteiger partial charge in [-0.25, -0.2) is 9.78 Å². The summed E-state index contributed by atoms with van der Waals surface area (Å²) in [5.41, 5.74) is 4.23. The quantitative estimate of drug-likeness (QED) is 0.0691. The molecule has 1 aromatic heterocycles. The molecule has 2 aliphatic heterocycles. The average Bonchev–Trinajstić information content (AvgIpc) is 3.76. The largest absolute Gasteiger partial charge is 0.480 e. The summed E-state index contributed by atoms with van der Waals surface area (Å²) in [6.45, 7) is 15.1. The minimum Gasteiger partial charge on any atom is -0.480 e. The summed E-state index contributed by atoms with van der Waals surface area (Å²) in [5.74, 6) is -1.50. The lowest BCUT2D eigenvalue weighted by atomic mass is 9.81. The van der Waals surface area contributed by atoms with Gasteiger partial charge in [0.15, 0.2) is 5.71 Å². The number of carbonyl (C=O) groups is 2. The Morgan fingerprint density at radius 3 is 2.16 bits per heavy atom. The summed E-state index contributed by atoms with van der Waals surface area (Å²) in [5, 5.41) is 12.2. The first kappa shape index (κ1) is 43.1. The fraction of sp³-hybridized carbons (Fsp3) is 0.436. The number of imidazole rings is 1. The number of hydrogen-bond acceptors (Lipinski definition) is 8. The molecule has 16 heteroatoms. The van der Waals surface area contributed by atoms with Crippen LogP contribution in [0.15, 0.2) is 82.6 Å². The van der Waals surface area contributed by atoms with Crippen LogP contribution in [0, 0.1) is 0 Å². The van der Waals surface area contributed by atoms with Crippen molar-refractivity contribution in [3.63, 3.8) is 0 Å². The van der Waals surface area contributed by atoms with E-state index in [2.05, 4.69) is 24.8 Å². The summed E-state index contributed by atoms with van der Waals surface area (Å²) in [6, 6.07) is 8.06. The van der Waals surface area contributed by atoms with Crippen LogP contribution in [0.25, 0.3) is 0 Å². The molecule has 14 nitrogen and oxygen atoms in total. The Kier molecular flexibility index (Phi) is 13.3. The van der Waals surface area contributed by atoms with Crippen molar-refractivity contribution in [2.24, 2.45) is 0 Å². The van der Waals surface area contributed by atoms with Gasteiger partial charge in [-0.05, 0) is 75.6 Å². The smallest absolute Gasteiger partial charge is 0.326 e. The van der Waals surface area contributed by atoms with Crippen molar-refractivity contribution in [2.75, 3.05) is 18.0 Å². The third kappa shape index (κ3) is 9.43. The first-order valence-electron chi connectivity index (χ1n) is 18.3. The van der Waals surface area contributed by atoms with Crippen LogP contribution in [0.5, 0.6) is 0 Å². The van der Waals surface area contributed by atoms with Crippen LogP contribution in [0.2, 0.25) is 0 Å². The number of hydrogen-bond donors (Lipinski definition) is 5. The molecular weight excluding hydrogens is 747 g/mol. The van der Waals surface area contributed by atoms with Gasteiger partial charge < -0.3 is 20.3 Å². The van der Waals surface area contributed by atoms with Gasteiger partial charge in [0, 0.05) is 72.2 Å². The number of benzene rings is 2. The van der Waals surface area contributed by atoms with Crippen LogP contribution in [0.3, 0.4) is 0 Å². The standard InChI is InChI=1S/C37H45N5O9S2.C2H6/c1-6-41-30-16-14-25(52(46,47)48)20-27(30)36(2,3)32(41)11-10-12-33-37(4,5)28-21-26(53(49,50)51)15-17-31(28)42(33)18-9-7-8-13-34(43)40-29(35(44)45)19-24-22-38-23-39-24;1-2/h10-12,14-17,20-23,29H,6-9,13,18-19H2,1-5H3,(H4-,38,39,40,43,44,45,46,47,48,49,50,51);1-2H3/p+1. The normalized spacial score (nSPS) is 17.2. The fourth-order valence-electron chi connectivity index (χ4n) is 7.26. The summed E-state index contributed by atoms with van der Waals surface area (Å²) < 4.78 is 69.7. The number of aromatic amines is 1. The zero-order chi connectivity index (χ0) is 40.9. The molecule has 0 fully saturated rings. The highest BCUT2D eigenvalue weighted by Gasteiger charge is 2.45. The lowest BCUT2D eigenvalue weighted by Crippen LogP contribution is -2.42. The molecule has 0 radical (unpaired) electrons. The number of fused-ring (bicyclic) bond motifs is 2. The molecule has 1 atom stereocenters.